The lowest BCUT2D eigenvalue weighted by Crippen LogP contribution is -1.91. The first-order valence-electron chi connectivity index (χ1n) is 5.32. The first kappa shape index (κ1) is 10.3. The van der Waals surface area contributed by atoms with Crippen LogP contribution < -0.4 is 0 Å². The van der Waals surface area contributed by atoms with Crippen molar-refractivity contribution < 1.29 is 4.39 Å². The largest absolute Gasteiger partial charge is 0.342 e. The summed E-state index contributed by atoms with van der Waals surface area (Å²) in [7, 11) is 0. The maximum absolute atomic E-state index is 13.3. The second-order valence-corrected chi connectivity index (χ2v) is 6.01. The van der Waals surface area contributed by atoms with E-state index >= 15 is 0 Å². The zero-order chi connectivity index (χ0) is 11.5. The number of fused-ring (bicyclic) bond motifs is 1. The molecule has 2 aromatic rings. The van der Waals surface area contributed by atoms with Gasteiger partial charge in [0, 0.05) is 12.0 Å². The van der Waals surface area contributed by atoms with Crippen molar-refractivity contribution >= 4 is 27.0 Å². The van der Waals surface area contributed by atoms with Crippen LogP contribution in [0.1, 0.15) is 32.0 Å². The summed E-state index contributed by atoms with van der Waals surface area (Å²) >= 11 is 3.17. The Labute approximate surface area is 101 Å². The average molecular weight is 283 g/mol. The minimum absolute atomic E-state index is 0.252. The van der Waals surface area contributed by atoms with Crippen molar-refractivity contribution in [3.63, 3.8) is 0 Å². The van der Waals surface area contributed by atoms with Crippen LogP contribution in [-0.2, 0) is 0 Å². The smallest absolute Gasteiger partial charge is 0.139 e. The molecule has 0 spiro atoms. The number of hydrogen-bond acceptors (Lipinski definition) is 1. The molecule has 0 bridgehead atoms. The monoisotopic (exact) mass is 282 g/mol. The molecule has 2 nitrogen and oxygen atoms in total. The van der Waals surface area contributed by atoms with Gasteiger partial charge in [-0.05, 0) is 33.8 Å². The number of benzene rings is 1. The Bertz CT molecular complexity index is 535. The molecule has 1 heterocycles. The lowest BCUT2D eigenvalue weighted by atomic mass is 10.1. The second-order valence-electron chi connectivity index (χ2n) is 5.15. The van der Waals surface area contributed by atoms with Crippen LogP contribution in [0.2, 0.25) is 0 Å². The summed E-state index contributed by atoms with van der Waals surface area (Å²) in [6.45, 7) is 4.45. The minimum Gasteiger partial charge on any atom is -0.342 e. The number of halogens is 2. The Kier molecular flexibility index (Phi) is 1.97. The van der Waals surface area contributed by atoms with E-state index in [0.717, 1.165) is 23.3 Å². The van der Waals surface area contributed by atoms with E-state index < -0.39 is 0 Å². The first-order valence-corrected chi connectivity index (χ1v) is 6.11. The highest BCUT2D eigenvalue weighted by Gasteiger charge is 2.48. The highest BCUT2D eigenvalue weighted by atomic mass is 79.9. The normalized spacial score (nSPS) is 22.6. The third-order valence-corrected chi connectivity index (χ3v) is 3.99. The standard InChI is InChI=1S/C12H12BrFN2/c1-12(2)5-6(12)11-15-9-3-7(13)8(14)4-10(9)16-11/h3-4,6H,5H2,1-2H3,(H,15,16). The molecular weight excluding hydrogens is 271 g/mol. The highest BCUT2D eigenvalue weighted by molar-refractivity contribution is 9.10. The second kappa shape index (κ2) is 3.06. The van der Waals surface area contributed by atoms with Gasteiger partial charge in [0.25, 0.3) is 0 Å². The molecule has 16 heavy (non-hydrogen) atoms. The lowest BCUT2D eigenvalue weighted by molar-refractivity contribution is 0.611. The maximum Gasteiger partial charge on any atom is 0.139 e. The number of nitrogens with one attached hydrogen (secondary N) is 1. The van der Waals surface area contributed by atoms with Crippen molar-refractivity contribution in [1.29, 1.82) is 0 Å². The Morgan fingerprint density at radius 3 is 2.81 bits per heavy atom. The molecule has 0 amide bonds. The summed E-state index contributed by atoms with van der Waals surface area (Å²) in [6, 6.07) is 3.21. The molecule has 1 aromatic heterocycles. The van der Waals surface area contributed by atoms with E-state index in [1.165, 1.54) is 6.07 Å². The molecular formula is C12H12BrFN2. The van der Waals surface area contributed by atoms with Gasteiger partial charge in [-0.15, -0.1) is 0 Å². The Hall–Kier alpha value is -0.900. The van der Waals surface area contributed by atoms with Gasteiger partial charge in [0.2, 0.25) is 0 Å². The van der Waals surface area contributed by atoms with Crippen molar-refractivity contribution in [1.82, 2.24) is 9.97 Å². The summed E-state index contributed by atoms with van der Waals surface area (Å²) in [5, 5.41) is 0. The average Bonchev–Trinajstić information content (AvgIpc) is 2.66. The van der Waals surface area contributed by atoms with Crippen LogP contribution in [0.25, 0.3) is 11.0 Å². The number of nitrogens with zero attached hydrogens (tertiary/aromatic N) is 1. The zero-order valence-corrected chi connectivity index (χ0v) is 10.7. The van der Waals surface area contributed by atoms with Crippen molar-refractivity contribution in [3.8, 4) is 0 Å². The molecule has 4 heteroatoms. The fourth-order valence-electron chi connectivity index (χ4n) is 2.12. The van der Waals surface area contributed by atoms with Crippen LogP contribution in [0.4, 0.5) is 4.39 Å². The quantitative estimate of drug-likeness (QED) is 0.842. The van der Waals surface area contributed by atoms with Crippen LogP contribution in [0, 0.1) is 11.2 Å². The minimum atomic E-state index is -0.252. The topological polar surface area (TPSA) is 28.7 Å². The van der Waals surface area contributed by atoms with Crippen LogP contribution in [0.5, 0.6) is 0 Å². The van der Waals surface area contributed by atoms with E-state index in [1.54, 1.807) is 6.07 Å². The summed E-state index contributed by atoms with van der Waals surface area (Å²) in [4.78, 5) is 7.73. The fraction of sp³-hybridized carbons (Fsp3) is 0.417. The van der Waals surface area contributed by atoms with Gasteiger partial charge in [-0.25, -0.2) is 9.37 Å². The van der Waals surface area contributed by atoms with Crippen molar-refractivity contribution in [2.24, 2.45) is 5.41 Å². The summed E-state index contributed by atoms with van der Waals surface area (Å²) < 4.78 is 13.8. The van der Waals surface area contributed by atoms with Crippen LogP contribution in [0.3, 0.4) is 0 Å². The number of aromatic amines is 1. The fourth-order valence-corrected chi connectivity index (χ4v) is 2.45. The number of hydrogen-bond donors (Lipinski definition) is 1. The molecule has 84 valence electrons. The van der Waals surface area contributed by atoms with Crippen LogP contribution in [-0.4, -0.2) is 9.97 Å². The van der Waals surface area contributed by atoms with Crippen molar-refractivity contribution in [3.05, 3.63) is 28.2 Å². The molecule has 0 radical (unpaired) electrons. The molecule has 1 N–H and O–H groups in total. The Morgan fingerprint density at radius 2 is 2.19 bits per heavy atom. The third-order valence-electron chi connectivity index (χ3n) is 3.39. The molecule has 3 rings (SSSR count). The molecule has 1 aliphatic carbocycles. The molecule has 1 fully saturated rings. The molecule has 1 unspecified atom stereocenters. The highest BCUT2D eigenvalue weighted by Crippen LogP contribution is 2.57. The number of imidazole rings is 1. The number of H-pyrrole nitrogens is 1. The van der Waals surface area contributed by atoms with Gasteiger partial charge in [-0.2, -0.15) is 0 Å². The zero-order valence-electron chi connectivity index (χ0n) is 9.14. The van der Waals surface area contributed by atoms with Gasteiger partial charge in [-0.1, -0.05) is 13.8 Å². The molecule has 0 aliphatic heterocycles. The van der Waals surface area contributed by atoms with E-state index in [9.17, 15) is 4.39 Å². The summed E-state index contributed by atoms with van der Waals surface area (Å²) in [5.41, 5.74) is 1.94. The van der Waals surface area contributed by atoms with Crippen LogP contribution in [0.15, 0.2) is 16.6 Å². The van der Waals surface area contributed by atoms with Crippen molar-refractivity contribution in [2.45, 2.75) is 26.2 Å². The first-order chi connectivity index (χ1) is 7.47. The van der Waals surface area contributed by atoms with E-state index in [4.69, 9.17) is 0 Å². The van der Waals surface area contributed by atoms with Gasteiger partial charge in [0.05, 0.1) is 15.5 Å². The molecule has 1 atom stereocenters. The third kappa shape index (κ3) is 1.47. The van der Waals surface area contributed by atoms with Gasteiger partial charge < -0.3 is 4.98 Å². The van der Waals surface area contributed by atoms with E-state index in [0.29, 0.717) is 15.8 Å². The molecule has 1 aromatic carbocycles. The predicted octanol–water partition coefficient (Wildman–Crippen LogP) is 3.98. The molecule has 0 saturated heterocycles. The van der Waals surface area contributed by atoms with E-state index in [-0.39, 0.29) is 5.82 Å². The SMILES string of the molecule is CC1(C)CC1c1nc2cc(Br)c(F)cc2[nH]1. The van der Waals surface area contributed by atoms with Crippen molar-refractivity contribution in [2.75, 3.05) is 0 Å². The maximum atomic E-state index is 13.3. The lowest BCUT2D eigenvalue weighted by Gasteiger charge is -1.97. The van der Waals surface area contributed by atoms with Gasteiger partial charge in [0.1, 0.15) is 11.6 Å². The predicted molar refractivity (Wildman–Crippen MR) is 64.9 cm³/mol. The van der Waals surface area contributed by atoms with Gasteiger partial charge >= 0.3 is 0 Å². The van der Waals surface area contributed by atoms with Crippen LogP contribution >= 0.6 is 15.9 Å². The van der Waals surface area contributed by atoms with E-state index in [2.05, 4.69) is 39.7 Å². The van der Waals surface area contributed by atoms with Gasteiger partial charge in [0.15, 0.2) is 0 Å². The number of rotatable bonds is 1. The number of aromatic nitrogens is 2. The van der Waals surface area contributed by atoms with Gasteiger partial charge in [-0.3, -0.25) is 0 Å². The Morgan fingerprint density at radius 1 is 1.50 bits per heavy atom. The molecule has 1 saturated carbocycles. The summed E-state index contributed by atoms with van der Waals surface area (Å²) in [5.74, 6) is 1.22. The Balaban J connectivity index is 2.10. The summed E-state index contributed by atoms with van der Waals surface area (Å²) in [6.07, 6.45) is 1.15. The van der Waals surface area contributed by atoms with E-state index in [1.807, 2.05) is 0 Å². The molecule has 1 aliphatic rings.